The van der Waals surface area contributed by atoms with Crippen LogP contribution >= 0.6 is 0 Å². The average Bonchev–Trinajstić information content (AvgIpc) is 3.15. The van der Waals surface area contributed by atoms with Crippen molar-refractivity contribution in [2.75, 3.05) is 0 Å². The van der Waals surface area contributed by atoms with Crippen LogP contribution in [-0.2, 0) is 17.4 Å². The molecular formula is C26H34SiZr. The second-order valence-electron chi connectivity index (χ2n) is 10.6. The minimum atomic E-state index is -3.27. The summed E-state index contributed by atoms with van der Waals surface area (Å²) in [6.45, 7) is 16.3. The van der Waals surface area contributed by atoms with Gasteiger partial charge in [0.2, 0.25) is 0 Å². The van der Waals surface area contributed by atoms with Gasteiger partial charge in [0.25, 0.3) is 0 Å². The molecular weight excluding hydrogens is 432 g/mol. The van der Waals surface area contributed by atoms with Crippen LogP contribution in [-0.4, -0.2) is 6.88 Å². The fourth-order valence-corrected chi connectivity index (χ4v) is 21.2. The molecule has 146 valence electrons. The Labute approximate surface area is 173 Å². The van der Waals surface area contributed by atoms with Crippen molar-refractivity contribution >= 4 is 18.0 Å². The van der Waals surface area contributed by atoms with Crippen LogP contribution in [0.1, 0.15) is 65.6 Å². The van der Waals surface area contributed by atoms with Gasteiger partial charge in [-0.05, 0) is 0 Å². The fraction of sp³-hybridized carbons (Fsp3) is 0.385. The molecule has 2 atom stereocenters. The molecule has 0 amide bonds. The number of fused-ring (bicyclic) bond motifs is 2. The molecule has 2 unspecified atom stereocenters. The quantitative estimate of drug-likeness (QED) is 0.424. The van der Waals surface area contributed by atoms with Gasteiger partial charge >= 0.3 is 174 Å². The van der Waals surface area contributed by atoms with Gasteiger partial charge in [-0.15, -0.1) is 0 Å². The summed E-state index contributed by atoms with van der Waals surface area (Å²) in [5, 5.41) is 0. The van der Waals surface area contributed by atoms with Crippen molar-refractivity contribution in [2.45, 2.75) is 58.1 Å². The summed E-state index contributed by atoms with van der Waals surface area (Å²) in [4.78, 5) is 0. The summed E-state index contributed by atoms with van der Waals surface area (Å²) in [5.41, 5.74) is 15.2. The van der Waals surface area contributed by atoms with Crippen molar-refractivity contribution < 1.29 is 17.4 Å². The van der Waals surface area contributed by atoms with Gasteiger partial charge in [-0.1, -0.05) is 0 Å². The van der Waals surface area contributed by atoms with Gasteiger partial charge < -0.3 is 0 Å². The zero-order valence-corrected chi connectivity index (χ0v) is 22.7. The summed E-state index contributed by atoms with van der Waals surface area (Å²) in [7, 11) is 0. The van der Waals surface area contributed by atoms with E-state index in [1.807, 2.05) is 0 Å². The Morgan fingerprint density at radius 1 is 0.607 bits per heavy atom. The first-order valence-electron chi connectivity index (χ1n) is 10.6. The predicted octanol–water partition coefficient (Wildman–Crippen LogP) is 6.87. The Bertz CT molecular complexity index is 1070. The van der Waals surface area contributed by atoms with Crippen LogP contribution in [0.25, 0.3) is 11.1 Å². The van der Waals surface area contributed by atoms with E-state index in [0.29, 0.717) is 7.25 Å². The third-order valence-corrected chi connectivity index (χ3v) is 25.1. The molecule has 0 fully saturated rings. The van der Waals surface area contributed by atoms with E-state index in [0.717, 1.165) is 0 Å². The molecule has 0 heterocycles. The number of hydrogen-bond acceptors (Lipinski definition) is 0. The number of hydrogen-bond donors (Lipinski definition) is 0. The monoisotopic (exact) mass is 464 g/mol. The molecule has 2 heteroatoms. The molecule has 0 saturated heterocycles. The van der Waals surface area contributed by atoms with Gasteiger partial charge in [0.15, 0.2) is 0 Å². The molecule has 28 heavy (non-hydrogen) atoms. The summed E-state index contributed by atoms with van der Waals surface area (Å²) in [6, 6.07) is 9.31. The topological polar surface area (TPSA) is 0 Å². The van der Waals surface area contributed by atoms with Gasteiger partial charge in [0, 0.05) is 0 Å². The van der Waals surface area contributed by atoms with Crippen molar-refractivity contribution in [2.24, 2.45) is 0 Å². The van der Waals surface area contributed by atoms with Crippen LogP contribution in [0.3, 0.4) is 0 Å². The summed E-state index contributed by atoms with van der Waals surface area (Å²) >= 11 is -3.27. The van der Waals surface area contributed by atoms with E-state index in [2.05, 4.69) is 94.1 Å². The summed E-state index contributed by atoms with van der Waals surface area (Å²) in [6.07, 6.45) is 5.30. The number of rotatable bonds is 2. The van der Waals surface area contributed by atoms with Gasteiger partial charge in [0.05, 0.1) is 0 Å². The fourth-order valence-electron chi connectivity index (χ4n) is 6.04. The Morgan fingerprint density at radius 2 is 0.929 bits per heavy atom. The van der Waals surface area contributed by atoms with E-state index in [1.165, 1.54) is 33.4 Å². The third-order valence-electron chi connectivity index (χ3n) is 7.63. The predicted molar refractivity (Wildman–Crippen MR) is 125 cm³/mol. The van der Waals surface area contributed by atoms with Crippen LogP contribution in [0.4, 0.5) is 0 Å². The van der Waals surface area contributed by atoms with Gasteiger partial charge in [-0.3, -0.25) is 0 Å². The van der Waals surface area contributed by atoms with Crippen molar-refractivity contribution in [1.82, 2.24) is 0 Å². The van der Waals surface area contributed by atoms with E-state index < -0.39 is 17.4 Å². The molecule has 0 radical (unpaired) electrons. The van der Waals surface area contributed by atoms with Crippen molar-refractivity contribution in [3.8, 4) is 0 Å². The molecule has 0 spiro atoms. The van der Waals surface area contributed by atoms with Crippen molar-refractivity contribution in [1.29, 1.82) is 0 Å². The second kappa shape index (κ2) is 6.26. The molecule has 0 aromatic heterocycles. The Morgan fingerprint density at radius 3 is 1.29 bits per heavy atom. The van der Waals surface area contributed by atoms with Gasteiger partial charge in [-0.25, -0.2) is 0 Å². The van der Waals surface area contributed by atoms with Crippen LogP contribution in [0.5, 0.6) is 0 Å². The third kappa shape index (κ3) is 2.71. The van der Waals surface area contributed by atoms with Gasteiger partial charge in [0.1, 0.15) is 0 Å². The first kappa shape index (κ1) is 20.3. The molecule has 4 rings (SSSR count). The van der Waals surface area contributed by atoms with Crippen LogP contribution < -0.4 is 0 Å². The second-order valence-corrected chi connectivity index (χ2v) is 41.3. The van der Waals surface area contributed by atoms with Crippen molar-refractivity contribution in [3.63, 3.8) is 0 Å². The normalized spacial score (nSPS) is 21.3. The molecule has 0 nitrogen and oxygen atoms in total. The van der Waals surface area contributed by atoms with Crippen LogP contribution in [0, 0.1) is 27.7 Å². The maximum atomic E-state index is 2.72. The molecule has 0 saturated carbocycles. The average molecular weight is 466 g/mol. The zero-order valence-electron chi connectivity index (χ0n) is 18.8. The first-order chi connectivity index (χ1) is 12.9. The van der Waals surface area contributed by atoms with Crippen LogP contribution in [0.15, 0.2) is 36.4 Å². The van der Waals surface area contributed by atoms with E-state index in [-0.39, 0.29) is 0 Å². The molecule has 2 aliphatic carbocycles. The Hall–Kier alpha value is -0.980. The van der Waals surface area contributed by atoms with E-state index in [1.54, 1.807) is 22.3 Å². The molecule has 0 bridgehead atoms. The Kier molecular flexibility index (Phi) is 4.54. The van der Waals surface area contributed by atoms with Gasteiger partial charge in [-0.2, -0.15) is 0 Å². The SMILES string of the molecule is CC1=C[CH]([Zr]([CH3])([CH3])(=[SiH2])[CH]2C=C(C)c3c(C)ccc(C)c32)c2c(C)ccc(C)c21. The molecule has 0 aliphatic heterocycles. The minimum absolute atomic E-state index is 0.620. The van der Waals surface area contributed by atoms with Crippen LogP contribution in [0.2, 0.25) is 9.26 Å². The molecule has 2 aliphatic rings. The van der Waals surface area contributed by atoms with E-state index in [4.69, 9.17) is 0 Å². The zero-order chi connectivity index (χ0) is 20.6. The van der Waals surface area contributed by atoms with Crippen molar-refractivity contribution in [3.05, 3.63) is 80.9 Å². The maximum absolute atomic E-state index is 3.27. The Balaban J connectivity index is 1.99. The van der Waals surface area contributed by atoms with E-state index in [9.17, 15) is 0 Å². The molecule has 2 aromatic rings. The summed E-state index contributed by atoms with van der Waals surface area (Å²) < 4.78 is 6.68. The number of aryl methyl sites for hydroxylation is 4. The molecule has 2 aromatic carbocycles. The first-order valence-corrected chi connectivity index (χ1v) is 24.2. The molecule has 0 N–H and O–H groups in total. The summed E-state index contributed by atoms with van der Waals surface area (Å²) in [5.74, 6) is 0. The van der Waals surface area contributed by atoms with E-state index >= 15 is 0 Å². The standard InChI is InChI=1S/2C12H13.2CH3.H2Si.Zr/c2*1-8-4-5-9(2)12-10(3)6-7-11(8)12;;;;/h2*4-7H,1-3H3;2*1H3;1H2;. The number of benzene rings is 2. The number of allylic oxidation sites excluding steroid dienone is 4.